The second kappa shape index (κ2) is 10.5. The summed E-state index contributed by atoms with van der Waals surface area (Å²) in [4.78, 5) is 17.9. The van der Waals surface area contributed by atoms with Gasteiger partial charge in [-0.1, -0.05) is 101 Å². The van der Waals surface area contributed by atoms with Gasteiger partial charge in [0.2, 0.25) is 0 Å². The predicted molar refractivity (Wildman–Crippen MR) is 168 cm³/mol. The summed E-state index contributed by atoms with van der Waals surface area (Å²) in [6, 6.07) is 38.2. The lowest BCUT2D eigenvalue weighted by Crippen LogP contribution is -2.01. The summed E-state index contributed by atoms with van der Waals surface area (Å²) in [5.74, 6) is 2.50. The standard InChI is InChI=1S/C34H24BrN5O/c35-25-10-6-9-24(19-25)34-39-32(22-7-2-1-3-8-22)38-33(40-34)23-15-13-21(14-16-23)20-41-29-18-17-27-26-11-4-5-12-28(26)37-31(27)30(29)36/h1-19,37H,20,36H2. The van der Waals surface area contributed by atoms with Crippen molar-refractivity contribution in [2.75, 3.05) is 5.73 Å². The lowest BCUT2D eigenvalue weighted by molar-refractivity contribution is 0.308. The van der Waals surface area contributed by atoms with Crippen LogP contribution in [-0.2, 0) is 6.61 Å². The van der Waals surface area contributed by atoms with Crippen LogP contribution in [0.25, 0.3) is 56.0 Å². The van der Waals surface area contributed by atoms with Gasteiger partial charge in [0, 0.05) is 37.5 Å². The summed E-state index contributed by atoms with van der Waals surface area (Å²) < 4.78 is 7.11. The van der Waals surface area contributed by atoms with Gasteiger partial charge in [0.25, 0.3) is 0 Å². The van der Waals surface area contributed by atoms with Gasteiger partial charge in [0.15, 0.2) is 17.5 Å². The van der Waals surface area contributed by atoms with Crippen LogP contribution in [0.15, 0.2) is 120 Å². The van der Waals surface area contributed by atoms with Crippen molar-refractivity contribution in [1.82, 2.24) is 19.9 Å². The maximum Gasteiger partial charge on any atom is 0.164 e. The smallest absolute Gasteiger partial charge is 0.164 e. The number of aromatic nitrogens is 4. The Bertz CT molecular complexity index is 2020. The number of nitrogens with zero attached hydrogens (tertiary/aromatic N) is 3. The van der Waals surface area contributed by atoms with Crippen LogP contribution in [-0.4, -0.2) is 19.9 Å². The molecule has 41 heavy (non-hydrogen) atoms. The zero-order valence-corrected chi connectivity index (χ0v) is 23.5. The third kappa shape index (κ3) is 4.92. The van der Waals surface area contributed by atoms with Crippen LogP contribution in [0.1, 0.15) is 5.56 Å². The van der Waals surface area contributed by atoms with E-state index in [1.807, 2.05) is 103 Å². The van der Waals surface area contributed by atoms with Crippen molar-refractivity contribution in [2.24, 2.45) is 0 Å². The number of rotatable bonds is 6. The monoisotopic (exact) mass is 597 g/mol. The predicted octanol–water partition coefficient (Wildman–Crippen LogP) is 8.43. The third-order valence-electron chi connectivity index (χ3n) is 7.04. The summed E-state index contributed by atoms with van der Waals surface area (Å²) in [5, 5.41) is 2.23. The van der Waals surface area contributed by atoms with E-state index in [0.29, 0.717) is 35.5 Å². The molecule has 7 aromatic rings. The van der Waals surface area contributed by atoms with Gasteiger partial charge in [-0.25, -0.2) is 15.0 Å². The zero-order valence-electron chi connectivity index (χ0n) is 21.9. The average molecular weight is 599 g/mol. The van der Waals surface area contributed by atoms with Crippen LogP contribution in [0, 0.1) is 0 Å². The fraction of sp³-hybridized carbons (Fsp3) is 0.0294. The largest absolute Gasteiger partial charge is 0.487 e. The van der Waals surface area contributed by atoms with Gasteiger partial charge in [-0.3, -0.25) is 0 Å². The molecule has 7 rings (SSSR count). The van der Waals surface area contributed by atoms with Crippen molar-refractivity contribution < 1.29 is 4.74 Å². The van der Waals surface area contributed by atoms with Crippen LogP contribution in [0.3, 0.4) is 0 Å². The molecular weight excluding hydrogens is 574 g/mol. The van der Waals surface area contributed by atoms with Gasteiger partial charge < -0.3 is 15.5 Å². The maximum absolute atomic E-state index is 6.50. The number of benzene rings is 5. The second-order valence-electron chi connectivity index (χ2n) is 9.74. The molecule has 6 nitrogen and oxygen atoms in total. The first-order chi connectivity index (χ1) is 20.1. The topological polar surface area (TPSA) is 89.7 Å². The lowest BCUT2D eigenvalue weighted by atomic mass is 10.1. The number of aromatic amines is 1. The number of halogens is 1. The lowest BCUT2D eigenvalue weighted by Gasteiger charge is -2.11. The maximum atomic E-state index is 6.50. The summed E-state index contributed by atoms with van der Waals surface area (Å²) >= 11 is 3.56. The molecule has 0 saturated carbocycles. The minimum Gasteiger partial charge on any atom is -0.487 e. The zero-order chi connectivity index (χ0) is 27.8. The number of hydrogen-bond acceptors (Lipinski definition) is 5. The fourth-order valence-corrected chi connectivity index (χ4v) is 5.34. The third-order valence-corrected chi connectivity index (χ3v) is 7.53. The number of anilines is 1. The number of ether oxygens (including phenoxy) is 1. The first-order valence-corrected chi connectivity index (χ1v) is 14.0. The molecule has 198 valence electrons. The SMILES string of the molecule is Nc1c(OCc2ccc(-c3nc(-c4ccccc4)nc(-c4cccc(Br)c4)n3)cc2)ccc2c1[nH]c1ccccc12. The van der Waals surface area contributed by atoms with Gasteiger partial charge in [-0.2, -0.15) is 0 Å². The van der Waals surface area contributed by atoms with Crippen LogP contribution < -0.4 is 10.5 Å². The molecule has 0 aliphatic heterocycles. The molecule has 0 aliphatic rings. The first-order valence-electron chi connectivity index (χ1n) is 13.2. The van der Waals surface area contributed by atoms with Crippen LogP contribution in [0.4, 0.5) is 5.69 Å². The molecule has 5 aromatic carbocycles. The van der Waals surface area contributed by atoms with E-state index in [1.54, 1.807) is 0 Å². The molecule has 0 spiro atoms. The number of fused-ring (bicyclic) bond motifs is 3. The number of para-hydroxylation sites is 1. The Morgan fingerprint density at radius 2 is 1.29 bits per heavy atom. The van der Waals surface area contributed by atoms with Gasteiger partial charge in [-0.05, 0) is 35.9 Å². The van der Waals surface area contributed by atoms with Gasteiger partial charge >= 0.3 is 0 Å². The molecule has 0 amide bonds. The number of hydrogen-bond donors (Lipinski definition) is 2. The quantitative estimate of drug-likeness (QED) is 0.188. The average Bonchev–Trinajstić information content (AvgIpc) is 3.41. The Balaban J connectivity index is 1.17. The molecule has 0 unspecified atom stereocenters. The van der Waals surface area contributed by atoms with Crippen LogP contribution >= 0.6 is 15.9 Å². The minimum absolute atomic E-state index is 0.381. The molecule has 7 heteroatoms. The van der Waals surface area contributed by atoms with E-state index in [2.05, 4.69) is 33.0 Å². The van der Waals surface area contributed by atoms with E-state index < -0.39 is 0 Å². The first kappa shape index (κ1) is 25.0. The van der Waals surface area contributed by atoms with E-state index in [0.717, 1.165) is 48.5 Å². The molecule has 0 aliphatic carbocycles. The molecule has 2 heterocycles. The highest BCUT2D eigenvalue weighted by Gasteiger charge is 2.14. The van der Waals surface area contributed by atoms with E-state index in [1.165, 1.54) is 0 Å². The Kier molecular flexibility index (Phi) is 6.41. The molecule has 0 radical (unpaired) electrons. The van der Waals surface area contributed by atoms with E-state index in [4.69, 9.17) is 25.4 Å². The van der Waals surface area contributed by atoms with Gasteiger partial charge in [-0.15, -0.1) is 0 Å². The summed E-state index contributed by atoms with van der Waals surface area (Å²) in [6.07, 6.45) is 0. The molecule has 0 bridgehead atoms. The number of nitrogens with one attached hydrogen (secondary N) is 1. The van der Waals surface area contributed by atoms with Crippen LogP contribution in [0.5, 0.6) is 5.75 Å². The van der Waals surface area contributed by atoms with Gasteiger partial charge in [0.1, 0.15) is 12.4 Å². The van der Waals surface area contributed by atoms with Crippen molar-refractivity contribution in [2.45, 2.75) is 6.61 Å². The number of nitrogen functional groups attached to an aromatic ring is 1. The van der Waals surface area contributed by atoms with Crippen molar-refractivity contribution in [3.63, 3.8) is 0 Å². The van der Waals surface area contributed by atoms with Crippen molar-refractivity contribution in [3.05, 3.63) is 125 Å². The minimum atomic E-state index is 0.381. The Morgan fingerprint density at radius 3 is 2.05 bits per heavy atom. The number of H-pyrrole nitrogens is 1. The molecular formula is C34H24BrN5O. The second-order valence-corrected chi connectivity index (χ2v) is 10.7. The molecule has 3 N–H and O–H groups in total. The summed E-state index contributed by atoms with van der Waals surface area (Å²) in [6.45, 7) is 0.381. The highest BCUT2D eigenvalue weighted by Crippen LogP contribution is 2.35. The highest BCUT2D eigenvalue weighted by atomic mass is 79.9. The molecule has 0 saturated heterocycles. The Labute approximate surface area is 245 Å². The van der Waals surface area contributed by atoms with E-state index >= 15 is 0 Å². The Morgan fingerprint density at radius 1 is 0.634 bits per heavy atom. The number of nitrogens with two attached hydrogens (primary N) is 1. The molecule has 0 atom stereocenters. The van der Waals surface area contributed by atoms with Crippen molar-refractivity contribution in [3.8, 4) is 39.9 Å². The normalized spacial score (nSPS) is 11.2. The van der Waals surface area contributed by atoms with E-state index in [9.17, 15) is 0 Å². The highest BCUT2D eigenvalue weighted by molar-refractivity contribution is 9.10. The van der Waals surface area contributed by atoms with Crippen molar-refractivity contribution >= 4 is 43.4 Å². The van der Waals surface area contributed by atoms with E-state index in [-0.39, 0.29) is 0 Å². The molecule has 0 fully saturated rings. The van der Waals surface area contributed by atoms with Gasteiger partial charge in [0.05, 0.1) is 11.2 Å². The van der Waals surface area contributed by atoms with Crippen LogP contribution in [0.2, 0.25) is 0 Å². The summed E-state index contributed by atoms with van der Waals surface area (Å²) in [5.41, 5.74) is 12.8. The fourth-order valence-electron chi connectivity index (χ4n) is 4.94. The van der Waals surface area contributed by atoms with Crippen molar-refractivity contribution in [1.29, 1.82) is 0 Å². The summed E-state index contributed by atoms with van der Waals surface area (Å²) in [7, 11) is 0. The Hall–Kier alpha value is -5.01. The molecule has 2 aromatic heterocycles.